The van der Waals surface area contributed by atoms with Gasteiger partial charge in [-0.2, -0.15) is 5.10 Å². The molecule has 8 heteroatoms. The first kappa shape index (κ1) is 18.8. The number of thioether (sulfide) groups is 2. The van der Waals surface area contributed by atoms with Crippen molar-refractivity contribution in [3.8, 4) is 0 Å². The normalized spacial score (nSPS) is 22.3. The molecule has 2 aliphatic heterocycles. The van der Waals surface area contributed by atoms with E-state index in [2.05, 4.69) is 5.10 Å². The number of carbonyl (C=O) groups excluding carboxylic acids is 2. The zero-order chi connectivity index (χ0) is 19.1. The maximum Gasteiger partial charge on any atom is 0.346 e. The number of esters is 1. The summed E-state index contributed by atoms with van der Waals surface area (Å²) < 4.78 is 4.44. The number of aryl methyl sites for hydroxylation is 1. The molecule has 0 bridgehead atoms. The first-order chi connectivity index (χ1) is 12.3. The lowest BCUT2D eigenvalue weighted by molar-refractivity contribution is -0.137. The molecule has 6 nitrogen and oxygen atoms in total. The minimum Gasteiger partial charge on any atom is -0.462 e. The van der Waals surface area contributed by atoms with E-state index in [0.717, 1.165) is 16.9 Å². The van der Waals surface area contributed by atoms with Gasteiger partial charge in [0, 0.05) is 19.7 Å². The average Bonchev–Trinajstić information content (AvgIpc) is 3.10. The Morgan fingerprint density at radius 3 is 2.62 bits per heavy atom. The molecule has 3 rings (SSSR count). The van der Waals surface area contributed by atoms with E-state index in [1.807, 2.05) is 55.1 Å². The molecule has 0 aliphatic carbocycles. The van der Waals surface area contributed by atoms with Gasteiger partial charge in [-0.1, -0.05) is 23.9 Å². The average molecular weight is 392 g/mol. The van der Waals surface area contributed by atoms with Crippen LogP contribution in [-0.2, 0) is 14.3 Å². The van der Waals surface area contributed by atoms with Crippen molar-refractivity contribution in [2.24, 2.45) is 5.10 Å². The Hall–Kier alpha value is -1.93. The molecule has 1 aromatic rings. The van der Waals surface area contributed by atoms with Gasteiger partial charge in [0.1, 0.15) is 4.91 Å². The van der Waals surface area contributed by atoms with E-state index < -0.39 is 4.33 Å². The van der Waals surface area contributed by atoms with Crippen LogP contribution in [0.4, 0.5) is 5.69 Å². The minimum atomic E-state index is -0.763. The maximum atomic E-state index is 12.4. The Labute approximate surface area is 161 Å². The number of nitrogens with zero attached hydrogens (tertiary/aromatic N) is 3. The molecule has 2 aliphatic rings. The van der Waals surface area contributed by atoms with Crippen LogP contribution in [0.25, 0.3) is 0 Å². The van der Waals surface area contributed by atoms with E-state index in [9.17, 15) is 9.59 Å². The lowest BCUT2D eigenvalue weighted by Crippen LogP contribution is -2.47. The smallest absolute Gasteiger partial charge is 0.346 e. The van der Waals surface area contributed by atoms with Crippen LogP contribution in [0.3, 0.4) is 0 Å². The lowest BCUT2D eigenvalue weighted by Gasteiger charge is -2.39. The summed E-state index contributed by atoms with van der Waals surface area (Å²) in [6, 6.07) is 7.93. The number of Topliss-reactive ketones (excluding diaryl/α,β-unsaturated/α-hetero) is 1. The van der Waals surface area contributed by atoms with Gasteiger partial charge in [0.05, 0.1) is 12.3 Å². The topological polar surface area (TPSA) is 62.2 Å². The quantitative estimate of drug-likeness (QED) is 0.728. The Kier molecular flexibility index (Phi) is 5.07. The number of benzene rings is 1. The van der Waals surface area contributed by atoms with E-state index in [4.69, 9.17) is 4.74 Å². The van der Waals surface area contributed by atoms with Gasteiger partial charge in [0.25, 0.3) is 0 Å². The molecule has 0 saturated heterocycles. The summed E-state index contributed by atoms with van der Waals surface area (Å²) in [6.45, 7) is 7.50. The lowest BCUT2D eigenvalue weighted by atomic mass is 10.2. The van der Waals surface area contributed by atoms with Gasteiger partial charge < -0.3 is 9.64 Å². The maximum absolute atomic E-state index is 12.4. The van der Waals surface area contributed by atoms with Crippen molar-refractivity contribution in [1.82, 2.24) is 4.90 Å². The standard InChI is InChI=1S/C18H21N3O3S2/c1-6-24-17(23)15-12(3)20(5)18(25-15)21(19-16(26-18)13(4)22)14-9-7-8-11(2)10-14/h7-10H,6H2,1-5H3. The van der Waals surface area contributed by atoms with Gasteiger partial charge in [-0.25, -0.2) is 9.80 Å². The highest BCUT2D eigenvalue weighted by molar-refractivity contribution is 8.28. The molecule has 1 unspecified atom stereocenters. The van der Waals surface area contributed by atoms with Crippen LogP contribution in [0.5, 0.6) is 0 Å². The molecular weight excluding hydrogens is 370 g/mol. The van der Waals surface area contributed by atoms with Gasteiger partial charge in [0.15, 0.2) is 10.8 Å². The molecule has 138 valence electrons. The van der Waals surface area contributed by atoms with Gasteiger partial charge in [-0.3, -0.25) is 4.79 Å². The van der Waals surface area contributed by atoms with Crippen LogP contribution < -0.4 is 5.01 Å². The Balaban J connectivity index is 2.05. The molecule has 0 saturated carbocycles. The van der Waals surface area contributed by atoms with Crippen molar-refractivity contribution >= 4 is 46.0 Å². The molecule has 26 heavy (non-hydrogen) atoms. The molecule has 0 amide bonds. The zero-order valence-corrected chi connectivity index (χ0v) is 17.0. The molecular formula is C18H21N3O3S2. The highest BCUT2D eigenvalue weighted by atomic mass is 32.2. The van der Waals surface area contributed by atoms with Crippen molar-refractivity contribution < 1.29 is 14.3 Å². The summed E-state index contributed by atoms with van der Waals surface area (Å²) in [5.41, 5.74) is 2.76. The van der Waals surface area contributed by atoms with E-state index in [0.29, 0.717) is 16.6 Å². The second-order valence-corrected chi connectivity index (χ2v) is 8.66. The van der Waals surface area contributed by atoms with E-state index >= 15 is 0 Å². The number of ether oxygens (including phenoxy) is 1. The molecule has 1 spiro atoms. The molecule has 0 N–H and O–H groups in total. The Morgan fingerprint density at radius 1 is 1.27 bits per heavy atom. The number of allylic oxidation sites excluding steroid dienone is 1. The number of hydrazone groups is 1. The van der Waals surface area contributed by atoms with Crippen LogP contribution in [0.2, 0.25) is 0 Å². The third-order valence-corrected chi connectivity index (χ3v) is 7.34. The van der Waals surface area contributed by atoms with Gasteiger partial charge in [-0.15, -0.1) is 0 Å². The predicted octanol–water partition coefficient (Wildman–Crippen LogP) is 3.54. The van der Waals surface area contributed by atoms with Crippen LogP contribution in [0.15, 0.2) is 40.0 Å². The van der Waals surface area contributed by atoms with Crippen molar-refractivity contribution in [3.05, 3.63) is 40.4 Å². The van der Waals surface area contributed by atoms with E-state index in [1.54, 1.807) is 6.92 Å². The summed E-state index contributed by atoms with van der Waals surface area (Å²) in [7, 11) is 1.91. The molecule has 2 heterocycles. The molecule has 1 atom stereocenters. The highest BCUT2D eigenvalue weighted by Crippen LogP contribution is 2.58. The molecule has 1 aromatic carbocycles. The number of hydrogen-bond donors (Lipinski definition) is 0. The van der Waals surface area contributed by atoms with E-state index in [-0.39, 0.29) is 11.8 Å². The number of hydrogen-bond acceptors (Lipinski definition) is 8. The van der Waals surface area contributed by atoms with Crippen LogP contribution in [-0.4, -0.2) is 39.7 Å². The van der Waals surface area contributed by atoms with Gasteiger partial charge in [-0.05, 0) is 50.2 Å². The van der Waals surface area contributed by atoms with Crippen molar-refractivity contribution in [2.75, 3.05) is 18.7 Å². The van der Waals surface area contributed by atoms with Crippen molar-refractivity contribution in [3.63, 3.8) is 0 Å². The molecule has 0 radical (unpaired) electrons. The number of carbonyl (C=O) groups is 2. The second-order valence-electron chi connectivity index (χ2n) is 6.06. The number of rotatable bonds is 4. The predicted molar refractivity (Wildman–Crippen MR) is 107 cm³/mol. The van der Waals surface area contributed by atoms with Gasteiger partial charge >= 0.3 is 5.97 Å². The summed E-state index contributed by atoms with van der Waals surface area (Å²) in [6.07, 6.45) is 0. The Bertz CT molecular complexity index is 837. The summed E-state index contributed by atoms with van der Waals surface area (Å²) in [5, 5.41) is 6.82. The largest absolute Gasteiger partial charge is 0.462 e. The zero-order valence-electron chi connectivity index (χ0n) is 15.4. The Morgan fingerprint density at radius 2 is 2.00 bits per heavy atom. The summed E-state index contributed by atoms with van der Waals surface area (Å²) in [5.74, 6) is -0.444. The third-order valence-electron chi connectivity index (χ3n) is 4.19. The van der Waals surface area contributed by atoms with Crippen molar-refractivity contribution in [2.45, 2.75) is 32.0 Å². The SMILES string of the molecule is CCOC(=O)C1=C(C)N(C)C2(SC(C(C)=O)=NN2c2cccc(C)c2)S1. The van der Waals surface area contributed by atoms with Gasteiger partial charge in [0.2, 0.25) is 4.33 Å². The van der Waals surface area contributed by atoms with Crippen LogP contribution in [0, 0.1) is 6.92 Å². The fourth-order valence-corrected chi connectivity index (χ4v) is 5.64. The van der Waals surface area contributed by atoms with Crippen LogP contribution >= 0.6 is 23.5 Å². The number of ketones is 1. The first-order valence-electron chi connectivity index (χ1n) is 8.26. The fraction of sp³-hybridized carbons (Fsp3) is 0.389. The summed E-state index contributed by atoms with van der Waals surface area (Å²) >= 11 is 2.72. The monoisotopic (exact) mass is 391 g/mol. The second kappa shape index (κ2) is 7.00. The number of anilines is 1. The molecule has 0 fully saturated rings. The summed E-state index contributed by atoms with van der Waals surface area (Å²) in [4.78, 5) is 26.9. The third kappa shape index (κ3) is 3.01. The first-order valence-corrected chi connectivity index (χ1v) is 9.89. The van der Waals surface area contributed by atoms with E-state index in [1.165, 1.54) is 30.4 Å². The van der Waals surface area contributed by atoms with Crippen LogP contribution in [0.1, 0.15) is 26.3 Å². The fourth-order valence-electron chi connectivity index (χ4n) is 2.77. The van der Waals surface area contributed by atoms with Crippen molar-refractivity contribution in [1.29, 1.82) is 0 Å². The minimum absolute atomic E-state index is 0.0965. The highest BCUT2D eigenvalue weighted by Gasteiger charge is 2.56. The molecule has 0 aromatic heterocycles.